The van der Waals surface area contributed by atoms with Gasteiger partial charge in [-0.05, 0) is 18.4 Å². The molecule has 0 saturated heterocycles. The molecule has 0 unspecified atom stereocenters. The van der Waals surface area contributed by atoms with Gasteiger partial charge < -0.3 is 5.73 Å². The molecule has 3 heteroatoms. The van der Waals surface area contributed by atoms with E-state index in [1.807, 2.05) is 12.4 Å². The Morgan fingerprint density at radius 2 is 2.00 bits per heavy atom. The molecule has 1 aliphatic rings. The van der Waals surface area contributed by atoms with Gasteiger partial charge in [-0.15, -0.1) is 0 Å². The average molecular weight is 199 g/mol. The summed E-state index contributed by atoms with van der Waals surface area (Å²) < 4.78 is 0. The molecule has 15 heavy (non-hydrogen) atoms. The highest BCUT2D eigenvalue weighted by Crippen LogP contribution is 2.49. The van der Waals surface area contributed by atoms with E-state index >= 15 is 0 Å². The van der Waals surface area contributed by atoms with Gasteiger partial charge in [-0.3, -0.25) is 0 Å². The zero-order chi connectivity index (χ0) is 10.3. The lowest BCUT2D eigenvalue weighted by Crippen LogP contribution is -2.19. The standard InChI is InChI=1S/C12H13N3/c13-8-12(4-5-12)11-3-1-2-9-6-14-15-7-10(9)11/h1-3,6-7H,4-5,8,13H2. The number of aromatic nitrogens is 2. The van der Waals surface area contributed by atoms with E-state index < -0.39 is 0 Å². The molecule has 0 radical (unpaired) electrons. The first-order valence-electron chi connectivity index (χ1n) is 5.26. The van der Waals surface area contributed by atoms with E-state index in [1.54, 1.807) is 0 Å². The number of rotatable bonds is 2. The normalized spacial score (nSPS) is 17.9. The van der Waals surface area contributed by atoms with Crippen LogP contribution in [0.3, 0.4) is 0 Å². The van der Waals surface area contributed by atoms with Gasteiger partial charge in [0.1, 0.15) is 0 Å². The van der Waals surface area contributed by atoms with Crippen molar-refractivity contribution in [2.24, 2.45) is 5.73 Å². The largest absolute Gasteiger partial charge is 0.330 e. The molecule has 0 atom stereocenters. The maximum absolute atomic E-state index is 5.86. The van der Waals surface area contributed by atoms with Crippen LogP contribution in [0.5, 0.6) is 0 Å². The molecule has 0 bridgehead atoms. The van der Waals surface area contributed by atoms with Crippen molar-refractivity contribution in [3.05, 3.63) is 36.2 Å². The molecule has 0 aliphatic heterocycles. The summed E-state index contributed by atoms with van der Waals surface area (Å²) in [6.45, 7) is 0.731. The smallest absolute Gasteiger partial charge is 0.0577 e. The summed E-state index contributed by atoms with van der Waals surface area (Å²) in [5.41, 5.74) is 7.43. The molecule has 0 spiro atoms. The van der Waals surface area contributed by atoms with Gasteiger partial charge in [-0.1, -0.05) is 18.2 Å². The molecule has 1 heterocycles. The van der Waals surface area contributed by atoms with Crippen molar-refractivity contribution in [1.29, 1.82) is 0 Å². The second-order valence-electron chi connectivity index (χ2n) is 4.28. The van der Waals surface area contributed by atoms with Gasteiger partial charge in [0.05, 0.1) is 12.4 Å². The zero-order valence-electron chi connectivity index (χ0n) is 8.48. The van der Waals surface area contributed by atoms with E-state index in [9.17, 15) is 0 Å². The second kappa shape index (κ2) is 3.00. The fourth-order valence-corrected chi connectivity index (χ4v) is 2.22. The Morgan fingerprint density at radius 1 is 1.20 bits per heavy atom. The van der Waals surface area contributed by atoms with Crippen molar-refractivity contribution in [3.8, 4) is 0 Å². The fraction of sp³-hybridized carbons (Fsp3) is 0.333. The van der Waals surface area contributed by atoms with E-state index in [-0.39, 0.29) is 5.41 Å². The lowest BCUT2D eigenvalue weighted by Gasteiger charge is -2.14. The van der Waals surface area contributed by atoms with Crippen molar-refractivity contribution in [1.82, 2.24) is 10.2 Å². The number of nitrogens with zero attached hydrogens (tertiary/aromatic N) is 2. The highest BCUT2D eigenvalue weighted by atomic mass is 15.1. The van der Waals surface area contributed by atoms with E-state index in [4.69, 9.17) is 5.73 Å². The molecule has 1 aromatic carbocycles. The van der Waals surface area contributed by atoms with Crippen LogP contribution in [0, 0.1) is 0 Å². The summed E-state index contributed by atoms with van der Waals surface area (Å²) in [5.74, 6) is 0. The molecule has 2 aromatic rings. The van der Waals surface area contributed by atoms with Crippen LogP contribution < -0.4 is 5.73 Å². The van der Waals surface area contributed by atoms with Gasteiger partial charge in [-0.2, -0.15) is 10.2 Å². The molecule has 1 saturated carbocycles. The van der Waals surface area contributed by atoms with Gasteiger partial charge in [0.25, 0.3) is 0 Å². The SMILES string of the molecule is NCC1(c2cccc3cnncc23)CC1. The molecule has 3 rings (SSSR count). The van der Waals surface area contributed by atoms with Crippen molar-refractivity contribution in [3.63, 3.8) is 0 Å². The summed E-state index contributed by atoms with van der Waals surface area (Å²) in [5, 5.41) is 10.2. The Bertz CT molecular complexity index is 498. The van der Waals surface area contributed by atoms with E-state index in [0.717, 1.165) is 11.9 Å². The Morgan fingerprint density at radius 3 is 2.73 bits per heavy atom. The number of nitrogens with two attached hydrogens (primary N) is 1. The Hall–Kier alpha value is -1.48. The van der Waals surface area contributed by atoms with E-state index in [1.165, 1.54) is 23.8 Å². The summed E-state index contributed by atoms with van der Waals surface area (Å²) in [6.07, 6.45) is 6.06. The minimum absolute atomic E-state index is 0.225. The van der Waals surface area contributed by atoms with Crippen molar-refractivity contribution in [2.45, 2.75) is 18.3 Å². The summed E-state index contributed by atoms with van der Waals surface area (Å²) in [4.78, 5) is 0. The summed E-state index contributed by atoms with van der Waals surface area (Å²) in [7, 11) is 0. The monoisotopic (exact) mass is 199 g/mol. The van der Waals surface area contributed by atoms with Crippen molar-refractivity contribution in [2.75, 3.05) is 6.54 Å². The van der Waals surface area contributed by atoms with E-state index in [0.29, 0.717) is 0 Å². The molecule has 0 amide bonds. The van der Waals surface area contributed by atoms with Gasteiger partial charge >= 0.3 is 0 Å². The molecule has 1 fully saturated rings. The zero-order valence-corrected chi connectivity index (χ0v) is 8.48. The maximum Gasteiger partial charge on any atom is 0.0577 e. The van der Waals surface area contributed by atoms with Crippen LogP contribution in [-0.2, 0) is 5.41 Å². The topological polar surface area (TPSA) is 51.8 Å². The third kappa shape index (κ3) is 1.23. The molecule has 76 valence electrons. The van der Waals surface area contributed by atoms with Crippen LogP contribution in [0.4, 0.5) is 0 Å². The van der Waals surface area contributed by atoms with Crippen molar-refractivity contribution >= 4 is 10.8 Å². The van der Waals surface area contributed by atoms with Crippen LogP contribution in [0.25, 0.3) is 10.8 Å². The summed E-state index contributed by atoms with van der Waals surface area (Å²) >= 11 is 0. The molecule has 3 nitrogen and oxygen atoms in total. The lowest BCUT2D eigenvalue weighted by atomic mass is 9.92. The highest BCUT2D eigenvalue weighted by molar-refractivity contribution is 5.85. The lowest BCUT2D eigenvalue weighted by molar-refractivity contribution is 0.710. The average Bonchev–Trinajstić information content (AvgIpc) is 3.09. The second-order valence-corrected chi connectivity index (χ2v) is 4.28. The third-order valence-electron chi connectivity index (χ3n) is 3.41. The van der Waals surface area contributed by atoms with Gasteiger partial charge in [0.15, 0.2) is 0 Å². The van der Waals surface area contributed by atoms with Gasteiger partial charge in [0, 0.05) is 22.7 Å². The maximum atomic E-state index is 5.86. The first-order chi connectivity index (χ1) is 7.36. The van der Waals surface area contributed by atoms with E-state index in [2.05, 4.69) is 28.4 Å². The van der Waals surface area contributed by atoms with Crippen LogP contribution >= 0.6 is 0 Å². The number of hydrogen-bond donors (Lipinski definition) is 1. The number of benzene rings is 1. The Labute approximate surface area is 88.3 Å². The van der Waals surface area contributed by atoms with Gasteiger partial charge in [0.2, 0.25) is 0 Å². The highest BCUT2D eigenvalue weighted by Gasteiger charge is 2.43. The third-order valence-corrected chi connectivity index (χ3v) is 3.41. The Kier molecular flexibility index (Phi) is 1.76. The van der Waals surface area contributed by atoms with Gasteiger partial charge in [-0.25, -0.2) is 0 Å². The van der Waals surface area contributed by atoms with Crippen LogP contribution in [0.1, 0.15) is 18.4 Å². The number of fused-ring (bicyclic) bond motifs is 1. The van der Waals surface area contributed by atoms with Crippen molar-refractivity contribution < 1.29 is 0 Å². The molecular weight excluding hydrogens is 186 g/mol. The molecule has 2 N–H and O–H groups in total. The minimum Gasteiger partial charge on any atom is -0.330 e. The fourth-order valence-electron chi connectivity index (χ4n) is 2.22. The molecular formula is C12H13N3. The minimum atomic E-state index is 0.225. The quantitative estimate of drug-likeness (QED) is 0.799. The predicted molar refractivity (Wildman–Crippen MR) is 59.5 cm³/mol. The molecule has 1 aromatic heterocycles. The molecule has 1 aliphatic carbocycles. The first-order valence-corrected chi connectivity index (χ1v) is 5.26. The summed E-state index contributed by atoms with van der Waals surface area (Å²) in [6, 6.07) is 6.32. The first kappa shape index (κ1) is 8.80. The van der Waals surface area contributed by atoms with Crippen LogP contribution in [0.2, 0.25) is 0 Å². The van der Waals surface area contributed by atoms with Crippen LogP contribution in [0.15, 0.2) is 30.6 Å². The van der Waals surface area contributed by atoms with Crippen LogP contribution in [-0.4, -0.2) is 16.7 Å². The number of hydrogen-bond acceptors (Lipinski definition) is 3. The Balaban J connectivity index is 2.27. The predicted octanol–water partition coefficient (Wildman–Crippen LogP) is 1.62.